The molecule has 20 heavy (non-hydrogen) atoms. The Bertz CT molecular complexity index is 820. The maximum atomic E-state index is 12.8. The Morgan fingerprint density at radius 1 is 1.05 bits per heavy atom. The van der Waals surface area contributed by atoms with Crippen molar-refractivity contribution < 1.29 is 5.11 Å². The largest absolute Gasteiger partial charge is 0.392 e. The van der Waals surface area contributed by atoms with E-state index in [0.29, 0.717) is 11.1 Å². The molecule has 0 aliphatic carbocycles. The van der Waals surface area contributed by atoms with Crippen LogP contribution in [0.2, 0.25) is 0 Å². The van der Waals surface area contributed by atoms with Gasteiger partial charge in [0.05, 0.1) is 12.2 Å². The third kappa shape index (κ3) is 1.92. The fraction of sp³-hybridized carbons (Fsp3) is 0.118. The van der Waals surface area contributed by atoms with E-state index < -0.39 is 0 Å². The van der Waals surface area contributed by atoms with Crippen molar-refractivity contribution in [3.63, 3.8) is 0 Å². The van der Waals surface area contributed by atoms with Crippen LogP contribution in [0.4, 0.5) is 0 Å². The molecule has 3 heteroatoms. The van der Waals surface area contributed by atoms with E-state index in [9.17, 15) is 9.90 Å². The van der Waals surface area contributed by atoms with Gasteiger partial charge in [0.2, 0.25) is 0 Å². The van der Waals surface area contributed by atoms with Crippen LogP contribution in [0.5, 0.6) is 0 Å². The van der Waals surface area contributed by atoms with Gasteiger partial charge in [-0.15, -0.1) is 0 Å². The fourth-order valence-electron chi connectivity index (χ4n) is 2.57. The normalized spacial score (nSPS) is 10.9. The highest BCUT2D eigenvalue weighted by atomic mass is 16.3. The van der Waals surface area contributed by atoms with Crippen molar-refractivity contribution in [1.82, 2.24) is 4.40 Å². The molecule has 0 aliphatic heterocycles. The Morgan fingerprint density at radius 3 is 2.50 bits per heavy atom. The van der Waals surface area contributed by atoms with Crippen molar-refractivity contribution in [2.45, 2.75) is 13.5 Å². The summed E-state index contributed by atoms with van der Waals surface area (Å²) in [5, 5.41) is 9.58. The second-order valence-corrected chi connectivity index (χ2v) is 4.80. The van der Waals surface area contributed by atoms with Crippen molar-refractivity contribution in [2.75, 3.05) is 0 Å². The lowest BCUT2D eigenvalue weighted by Crippen LogP contribution is -2.19. The maximum Gasteiger partial charge on any atom is 0.263 e. The van der Waals surface area contributed by atoms with E-state index in [4.69, 9.17) is 0 Å². The highest BCUT2D eigenvalue weighted by Crippen LogP contribution is 2.22. The minimum atomic E-state index is -0.149. The van der Waals surface area contributed by atoms with Crippen LogP contribution in [0.25, 0.3) is 16.6 Å². The third-order valence-corrected chi connectivity index (χ3v) is 3.51. The third-order valence-electron chi connectivity index (χ3n) is 3.51. The van der Waals surface area contributed by atoms with Gasteiger partial charge in [-0.05, 0) is 36.2 Å². The SMILES string of the molecule is Cc1cccc2cc(CO)c(-c3ccccc3)c(=O)n12. The highest BCUT2D eigenvalue weighted by molar-refractivity contribution is 5.69. The summed E-state index contributed by atoms with van der Waals surface area (Å²) in [6.07, 6.45) is 0. The molecule has 0 spiro atoms. The van der Waals surface area contributed by atoms with Gasteiger partial charge in [-0.1, -0.05) is 36.4 Å². The Morgan fingerprint density at radius 2 is 1.80 bits per heavy atom. The first-order valence-corrected chi connectivity index (χ1v) is 6.53. The van der Waals surface area contributed by atoms with E-state index in [1.165, 1.54) is 0 Å². The van der Waals surface area contributed by atoms with Crippen molar-refractivity contribution in [3.05, 3.63) is 76.2 Å². The summed E-state index contributed by atoms with van der Waals surface area (Å²) < 4.78 is 1.68. The van der Waals surface area contributed by atoms with Crippen LogP contribution in [0.15, 0.2) is 59.4 Å². The number of aryl methyl sites for hydroxylation is 1. The molecule has 3 nitrogen and oxygen atoms in total. The predicted octanol–water partition coefficient (Wildman–Crippen LogP) is 2.77. The Labute approximate surface area is 116 Å². The first-order valence-electron chi connectivity index (χ1n) is 6.53. The smallest absolute Gasteiger partial charge is 0.263 e. The van der Waals surface area contributed by atoms with Crippen molar-refractivity contribution >= 4 is 5.52 Å². The number of aliphatic hydroxyl groups is 1. The molecule has 0 saturated carbocycles. The van der Waals surface area contributed by atoms with Crippen molar-refractivity contribution in [1.29, 1.82) is 0 Å². The molecule has 0 fully saturated rings. The molecule has 0 unspecified atom stereocenters. The summed E-state index contributed by atoms with van der Waals surface area (Å²) in [5.41, 5.74) is 3.66. The van der Waals surface area contributed by atoms with Gasteiger partial charge in [0.25, 0.3) is 5.56 Å². The molecule has 0 amide bonds. The standard InChI is InChI=1S/C17H15NO2/c1-12-6-5-9-15-10-14(11-19)16(17(20)18(12)15)13-7-3-2-4-8-13/h2-10,19H,11H2,1H3. The Kier molecular flexibility index (Phi) is 3.12. The van der Waals surface area contributed by atoms with E-state index in [1.54, 1.807) is 4.40 Å². The van der Waals surface area contributed by atoms with Gasteiger partial charge in [0.1, 0.15) is 0 Å². The first kappa shape index (κ1) is 12.6. The van der Waals surface area contributed by atoms with E-state index >= 15 is 0 Å². The molecule has 2 heterocycles. The van der Waals surface area contributed by atoms with Gasteiger partial charge in [-0.25, -0.2) is 0 Å². The van der Waals surface area contributed by atoms with Gasteiger partial charge in [-0.3, -0.25) is 9.20 Å². The lowest BCUT2D eigenvalue weighted by molar-refractivity contribution is 0.282. The average molecular weight is 265 g/mol. The second-order valence-electron chi connectivity index (χ2n) is 4.80. The Hall–Kier alpha value is -2.39. The highest BCUT2D eigenvalue weighted by Gasteiger charge is 2.13. The molecular formula is C17H15NO2. The Balaban J connectivity index is 2.45. The maximum absolute atomic E-state index is 12.8. The molecule has 0 bridgehead atoms. The molecule has 0 saturated heterocycles. The quantitative estimate of drug-likeness (QED) is 0.774. The van der Waals surface area contributed by atoms with Crippen LogP contribution in [0.1, 0.15) is 11.3 Å². The topological polar surface area (TPSA) is 41.7 Å². The number of fused-ring (bicyclic) bond motifs is 1. The van der Waals surface area contributed by atoms with Crippen LogP contribution in [0, 0.1) is 6.92 Å². The summed E-state index contributed by atoms with van der Waals surface area (Å²) in [6.45, 7) is 1.76. The van der Waals surface area contributed by atoms with Gasteiger partial charge in [-0.2, -0.15) is 0 Å². The number of pyridine rings is 2. The number of aromatic nitrogens is 1. The van der Waals surface area contributed by atoms with Gasteiger partial charge in [0, 0.05) is 11.2 Å². The molecule has 0 radical (unpaired) electrons. The zero-order chi connectivity index (χ0) is 14.1. The molecule has 1 N–H and O–H groups in total. The minimum Gasteiger partial charge on any atom is -0.392 e. The van der Waals surface area contributed by atoms with Gasteiger partial charge in [0.15, 0.2) is 0 Å². The van der Waals surface area contributed by atoms with E-state index in [0.717, 1.165) is 16.8 Å². The second kappa shape index (κ2) is 4.94. The predicted molar refractivity (Wildman–Crippen MR) is 79.8 cm³/mol. The van der Waals surface area contributed by atoms with Gasteiger partial charge >= 0.3 is 0 Å². The van der Waals surface area contributed by atoms with Crippen LogP contribution in [-0.4, -0.2) is 9.51 Å². The molecule has 0 aliphatic rings. The van der Waals surface area contributed by atoms with E-state index in [1.807, 2.05) is 61.5 Å². The summed E-state index contributed by atoms with van der Waals surface area (Å²) in [6, 6.07) is 17.0. The number of rotatable bonds is 2. The molecule has 3 aromatic rings. The monoisotopic (exact) mass is 265 g/mol. The number of hydrogen-bond acceptors (Lipinski definition) is 2. The van der Waals surface area contributed by atoms with E-state index in [2.05, 4.69) is 0 Å². The number of aliphatic hydroxyl groups excluding tert-OH is 1. The van der Waals surface area contributed by atoms with Crippen molar-refractivity contribution in [2.24, 2.45) is 0 Å². The molecule has 3 rings (SSSR count). The molecule has 1 aromatic carbocycles. The minimum absolute atomic E-state index is 0.0872. The zero-order valence-corrected chi connectivity index (χ0v) is 11.2. The number of nitrogens with zero attached hydrogens (tertiary/aromatic N) is 1. The molecular weight excluding hydrogens is 250 g/mol. The first-order chi connectivity index (χ1) is 9.72. The summed E-state index contributed by atoms with van der Waals surface area (Å²) in [7, 11) is 0. The molecule has 0 atom stereocenters. The number of hydrogen-bond donors (Lipinski definition) is 1. The molecule has 2 aromatic heterocycles. The summed E-state index contributed by atoms with van der Waals surface area (Å²) in [5.74, 6) is 0. The lowest BCUT2D eigenvalue weighted by atomic mass is 10.0. The average Bonchev–Trinajstić information content (AvgIpc) is 2.47. The zero-order valence-electron chi connectivity index (χ0n) is 11.2. The number of benzene rings is 1. The fourth-order valence-corrected chi connectivity index (χ4v) is 2.57. The summed E-state index contributed by atoms with van der Waals surface area (Å²) >= 11 is 0. The van der Waals surface area contributed by atoms with Crippen LogP contribution < -0.4 is 5.56 Å². The van der Waals surface area contributed by atoms with Crippen molar-refractivity contribution in [3.8, 4) is 11.1 Å². The van der Waals surface area contributed by atoms with E-state index in [-0.39, 0.29) is 12.2 Å². The van der Waals surface area contributed by atoms with Crippen LogP contribution in [0.3, 0.4) is 0 Å². The summed E-state index contributed by atoms with van der Waals surface area (Å²) in [4.78, 5) is 12.8. The van der Waals surface area contributed by atoms with Gasteiger partial charge < -0.3 is 5.11 Å². The van der Waals surface area contributed by atoms with Crippen LogP contribution in [-0.2, 0) is 6.61 Å². The lowest BCUT2D eigenvalue weighted by Gasteiger charge is -2.12. The molecule has 100 valence electrons. The van der Waals surface area contributed by atoms with Crippen LogP contribution >= 0.6 is 0 Å².